The zero-order chi connectivity index (χ0) is 18.5. The summed E-state index contributed by atoms with van der Waals surface area (Å²) < 4.78 is 16.7. The summed E-state index contributed by atoms with van der Waals surface area (Å²) in [6.07, 6.45) is 9.93. The summed E-state index contributed by atoms with van der Waals surface area (Å²) in [4.78, 5) is 0. The van der Waals surface area contributed by atoms with Crippen LogP contribution in [0.4, 0.5) is 0 Å². The molecule has 2 unspecified atom stereocenters. The van der Waals surface area contributed by atoms with Crippen LogP contribution in [0.15, 0.2) is 12.3 Å². The minimum Gasteiger partial charge on any atom is -0.471 e. The monoisotopic (exact) mass is 359 g/mol. The summed E-state index contributed by atoms with van der Waals surface area (Å²) in [6, 6.07) is -0.608. The number of hydrogen-bond acceptors (Lipinski definition) is 6. The lowest BCUT2D eigenvalue weighted by molar-refractivity contribution is -0.258. The SMILES string of the molecule is C/C=C\O[C@H]1OC(CO)[C@@H](O)C(OCCCCCCCCCC)[C@H]1N. The molecule has 6 nitrogen and oxygen atoms in total. The van der Waals surface area contributed by atoms with Crippen molar-refractivity contribution in [3.8, 4) is 0 Å². The van der Waals surface area contributed by atoms with Gasteiger partial charge in [-0.05, 0) is 13.3 Å². The maximum atomic E-state index is 10.3. The van der Waals surface area contributed by atoms with Gasteiger partial charge in [-0.25, -0.2) is 0 Å². The van der Waals surface area contributed by atoms with Crippen molar-refractivity contribution in [3.05, 3.63) is 12.3 Å². The third-order valence-electron chi connectivity index (χ3n) is 4.56. The molecule has 0 bridgehead atoms. The van der Waals surface area contributed by atoms with Gasteiger partial charge >= 0.3 is 0 Å². The Morgan fingerprint density at radius 3 is 2.32 bits per heavy atom. The Labute approximate surface area is 152 Å². The molecular formula is C19H37NO5. The van der Waals surface area contributed by atoms with Crippen LogP contribution >= 0.6 is 0 Å². The molecule has 0 spiro atoms. The molecule has 4 N–H and O–H groups in total. The average molecular weight is 360 g/mol. The molecule has 0 aromatic heterocycles. The van der Waals surface area contributed by atoms with E-state index in [9.17, 15) is 10.2 Å². The molecule has 25 heavy (non-hydrogen) atoms. The van der Waals surface area contributed by atoms with Gasteiger partial charge in [0.2, 0.25) is 6.29 Å². The maximum absolute atomic E-state index is 10.3. The van der Waals surface area contributed by atoms with Crippen molar-refractivity contribution in [2.24, 2.45) is 5.73 Å². The smallest absolute Gasteiger partial charge is 0.217 e. The van der Waals surface area contributed by atoms with Crippen molar-refractivity contribution in [1.29, 1.82) is 0 Å². The van der Waals surface area contributed by atoms with Gasteiger partial charge in [-0.2, -0.15) is 0 Å². The summed E-state index contributed by atoms with van der Waals surface area (Å²) >= 11 is 0. The fourth-order valence-electron chi connectivity index (χ4n) is 3.03. The number of aliphatic hydroxyl groups is 2. The Balaban J connectivity index is 2.30. The minimum absolute atomic E-state index is 0.304. The zero-order valence-electron chi connectivity index (χ0n) is 15.8. The van der Waals surface area contributed by atoms with E-state index in [1.807, 2.05) is 6.92 Å². The van der Waals surface area contributed by atoms with Crippen LogP contribution in [-0.4, -0.2) is 54.1 Å². The van der Waals surface area contributed by atoms with E-state index in [-0.39, 0.29) is 6.61 Å². The Hall–Kier alpha value is -0.660. The number of nitrogens with two attached hydrogens (primary N) is 1. The molecule has 0 aliphatic carbocycles. The first-order valence-electron chi connectivity index (χ1n) is 9.73. The van der Waals surface area contributed by atoms with E-state index in [0.717, 1.165) is 12.8 Å². The van der Waals surface area contributed by atoms with Gasteiger partial charge < -0.3 is 30.2 Å². The maximum Gasteiger partial charge on any atom is 0.217 e. The second kappa shape index (κ2) is 13.5. The van der Waals surface area contributed by atoms with E-state index in [1.54, 1.807) is 6.08 Å². The highest BCUT2D eigenvalue weighted by molar-refractivity contribution is 4.93. The largest absolute Gasteiger partial charge is 0.471 e. The first kappa shape index (κ1) is 22.4. The molecule has 1 saturated heterocycles. The van der Waals surface area contributed by atoms with E-state index in [1.165, 1.54) is 44.8 Å². The van der Waals surface area contributed by atoms with E-state index in [4.69, 9.17) is 19.9 Å². The summed E-state index contributed by atoms with van der Waals surface area (Å²) in [5.74, 6) is 0. The topological polar surface area (TPSA) is 94.2 Å². The van der Waals surface area contributed by atoms with Crippen molar-refractivity contribution in [1.82, 2.24) is 0 Å². The number of allylic oxidation sites excluding steroid dienone is 1. The molecule has 1 rings (SSSR count). The van der Waals surface area contributed by atoms with Crippen LogP contribution in [0.2, 0.25) is 0 Å². The molecular weight excluding hydrogens is 322 g/mol. The Morgan fingerprint density at radius 2 is 1.72 bits per heavy atom. The molecule has 6 heteroatoms. The van der Waals surface area contributed by atoms with Gasteiger partial charge in [0.1, 0.15) is 18.3 Å². The fourth-order valence-corrected chi connectivity index (χ4v) is 3.03. The molecule has 0 aromatic rings. The van der Waals surface area contributed by atoms with Crippen molar-refractivity contribution >= 4 is 0 Å². The van der Waals surface area contributed by atoms with E-state index < -0.39 is 30.6 Å². The average Bonchev–Trinajstić information content (AvgIpc) is 2.62. The predicted molar refractivity (Wildman–Crippen MR) is 98.0 cm³/mol. The number of unbranched alkanes of at least 4 members (excludes halogenated alkanes) is 7. The van der Waals surface area contributed by atoms with Crippen molar-refractivity contribution in [2.45, 2.75) is 95.9 Å². The molecule has 0 aromatic carbocycles. The van der Waals surface area contributed by atoms with Crippen LogP contribution in [-0.2, 0) is 14.2 Å². The van der Waals surface area contributed by atoms with Gasteiger partial charge in [0.05, 0.1) is 18.9 Å². The normalized spacial score (nSPS) is 30.0. The van der Waals surface area contributed by atoms with Gasteiger partial charge in [0.25, 0.3) is 0 Å². The first-order valence-corrected chi connectivity index (χ1v) is 9.73. The third-order valence-corrected chi connectivity index (χ3v) is 4.56. The first-order chi connectivity index (χ1) is 12.2. The highest BCUT2D eigenvalue weighted by atomic mass is 16.7. The fraction of sp³-hybridized carbons (Fsp3) is 0.895. The standard InChI is InChI=1S/C19H37NO5/c1-3-5-6-7-8-9-10-11-13-23-18-16(20)19(24-12-4-2)25-15(14-21)17(18)22/h4,12,15-19,21-22H,3,5-11,13-14,20H2,1-2H3/b12-4-/t15?,16-,17-,18?,19+/m1/s1. The van der Waals surface area contributed by atoms with Crippen LogP contribution in [0.25, 0.3) is 0 Å². The van der Waals surface area contributed by atoms with E-state index in [2.05, 4.69) is 6.92 Å². The minimum atomic E-state index is -0.959. The number of rotatable bonds is 13. The van der Waals surface area contributed by atoms with Crippen LogP contribution in [0.1, 0.15) is 65.2 Å². The lowest BCUT2D eigenvalue weighted by Gasteiger charge is -2.42. The molecule has 1 fully saturated rings. The molecule has 1 aliphatic heterocycles. The summed E-state index contributed by atoms with van der Waals surface area (Å²) in [6.45, 7) is 4.28. The van der Waals surface area contributed by atoms with Gasteiger partial charge in [-0.1, -0.05) is 57.9 Å². The molecule has 0 radical (unpaired) electrons. The molecule has 0 amide bonds. The second-order valence-corrected chi connectivity index (χ2v) is 6.71. The van der Waals surface area contributed by atoms with Crippen molar-refractivity contribution in [3.63, 3.8) is 0 Å². The molecule has 0 saturated carbocycles. The lowest BCUT2D eigenvalue weighted by atomic mass is 9.97. The third kappa shape index (κ3) is 8.05. The quantitative estimate of drug-likeness (QED) is 0.345. The van der Waals surface area contributed by atoms with Crippen molar-refractivity contribution in [2.75, 3.05) is 13.2 Å². The second-order valence-electron chi connectivity index (χ2n) is 6.71. The van der Waals surface area contributed by atoms with Crippen LogP contribution < -0.4 is 5.73 Å². The molecule has 5 atom stereocenters. The highest BCUT2D eigenvalue weighted by Gasteiger charge is 2.44. The summed E-state index contributed by atoms with van der Waals surface area (Å²) in [5, 5.41) is 19.7. The van der Waals surface area contributed by atoms with E-state index >= 15 is 0 Å². The number of ether oxygens (including phenoxy) is 3. The van der Waals surface area contributed by atoms with Crippen LogP contribution in [0.3, 0.4) is 0 Å². The summed E-state index contributed by atoms with van der Waals surface area (Å²) in [5.41, 5.74) is 6.13. The lowest BCUT2D eigenvalue weighted by Crippen LogP contribution is -2.63. The van der Waals surface area contributed by atoms with Crippen molar-refractivity contribution < 1.29 is 24.4 Å². The predicted octanol–water partition coefficient (Wildman–Crippen LogP) is 2.47. The van der Waals surface area contributed by atoms with Crippen LogP contribution in [0.5, 0.6) is 0 Å². The van der Waals surface area contributed by atoms with Gasteiger partial charge in [-0.15, -0.1) is 0 Å². The molecule has 1 heterocycles. The Bertz CT molecular complexity index is 353. The van der Waals surface area contributed by atoms with E-state index in [0.29, 0.717) is 6.61 Å². The zero-order valence-corrected chi connectivity index (χ0v) is 15.8. The van der Waals surface area contributed by atoms with Gasteiger partial charge in [0, 0.05) is 6.61 Å². The van der Waals surface area contributed by atoms with Gasteiger partial charge in [-0.3, -0.25) is 0 Å². The Kier molecular flexibility index (Phi) is 12.1. The Morgan fingerprint density at radius 1 is 1.08 bits per heavy atom. The molecule has 1 aliphatic rings. The van der Waals surface area contributed by atoms with Gasteiger partial charge in [0.15, 0.2) is 0 Å². The number of aliphatic hydroxyl groups excluding tert-OH is 2. The van der Waals surface area contributed by atoms with Crippen LogP contribution in [0, 0.1) is 0 Å². The number of hydrogen-bond donors (Lipinski definition) is 3. The summed E-state index contributed by atoms with van der Waals surface area (Å²) in [7, 11) is 0. The molecule has 148 valence electrons. The highest BCUT2D eigenvalue weighted by Crippen LogP contribution is 2.23.